The summed E-state index contributed by atoms with van der Waals surface area (Å²) in [5, 5.41) is 19.4. The van der Waals surface area contributed by atoms with E-state index >= 15 is 0 Å². The highest BCUT2D eigenvalue weighted by molar-refractivity contribution is 6.04. The number of rotatable bonds is 3. The molecule has 2 aromatic carbocycles. The van der Waals surface area contributed by atoms with Crippen LogP contribution < -0.4 is 5.73 Å². The lowest BCUT2D eigenvalue weighted by Crippen LogP contribution is -2.13. The molecular formula is C20H16N4O2. The average molecular weight is 344 g/mol. The third-order valence-corrected chi connectivity index (χ3v) is 4.34. The smallest absolute Gasteiger partial charge is 0.325 e. The van der Waals surface area contributed by atoms with Crippen LogP contribution in [0.15, 0.2) is 36.4 Å². The Morgan fingerprint density at radius 3 is 2.35 bits per heavy atom. The lowest BCUT2D eigenvalue weighted by molar-refractivity contribution is -0.141. The van der Waals surface area contributed by atoms with Gasteiger partial charge in [0.25, 0.3) is 0 Å². The Bertz CT molecular complexity index is 1100. The van der Waals surface area contributed by atoms with E-state index in [0.29, 0.717) is 16.7 Å². The normalized spacial score (nSPS) is 10.3. The highest BCUT2D eigenvalue weighted by Gasteiger charge is 2.20. The summed E-state index contributed by atoms with van der Waals surface area (Å²) < 4.78 is 6.37. The van der Waals surface area contributed by atoms with E-state index in [4.69, 9.17) is 10.5 Å². The molecule has 0 amide bonds. The molecule has 1 heterocycles. The van der Waals surface area contributed by atoms with Crippen LogP contribution in [-0.4, -0.2) is 17.6 Å². The van der Waals surface area contributed by atoms with Gasteiger partial charge in [-0.15, -0.1) is 0 Å². The number of nitrogens with two attached hydrogens (primary N) is 1. The third-order valence-electron chi connectivity index (χ3n) is 4.34. The van der Waals surface area contributed by atoms with Crippen LogP contribution in [0.4, 0.5) is 5.82 Å². The van der Waals surface area contributed by atoms with Gasteiger partial charge < -0.3 is 15.0 Å². The van der Waals surface area contributed by atoms with Gasteiger partial charge in [0.15, 0.2) is 0 Å². The fourth-order valence-electron chi connectivity index (χ4n) is 2.99. The van der Waals surface area contributed by atoms with E-state index in [2.05, 4.69) is 0 Å². The maximum atomic E-state index is 11.8. The Balaban J connectivity index is 2.38. The summed E-state index contributed by atoms with van der Waals surface area (Å²) >= 11 is 0. The molecule has 0 aliphatic carbocycles. The molecule has 3 rings (SSSR count). The Kier molecular flexibility index (Phi) is 4.34. The molecule has 0 fully saturated rings. The first kappa shape index (κ1) is 17.1. The number of ether oxygens (including phenoxy) is 1. The van der Waals surface area contributed by atoms with E-state index in [1.807, 2.05) is 43.3 Å². The van der Waals surface area contributed by atoms with E-state index in [0.717, 1.165) is 16.7 Å². The molecule has 0 bridgehead atoms. The van der Waals surface area contributed by atoms with Crippen molar-refractivity contribution in [3.8, 4) is 23.3 Å². The van der Waals surface area contributed by atoms with Gasteiger partial charge in [0.05, 0.1) is 23.8 Å². The van der Waals surface area contributed by atoms with Crippen LogP contribution in [0, 0.1) is 29.6 Å². The molecule has 0 aliphatic heterocycles. The van der Waals surface area contributed by atoms with Gasteiger partial charge in [0.1, 0.15) is 24.5 Å². The van der Waals surface area contributed by atoms with Crippen molar-refractivity contribution in [3.63, 3.8) is 0 Å². The molecule has 3 aromatic rings. The monoisotopic (exact) mass is 344 g/mol. The molecule has 128 valence electrons. The number of aromatic nitrogens is 1. The molecule has 0 saturated carbocycles. The zero-order valence-electron chi connectivity index (χ0n) is 14.4. The molecular weight excluding hydrogens is 328 g/mol. The van der Waals surface area contributed by atoms with Crippen LogP contribution in [0.2, 0.25) is 0 Å². The van der Waals surface area contributed by atoms with Crippen LogP contribution in [0.25, 0.3) is 22.0 Å². The standard InChI is InChI=1S/C20H16N4O2/c1-12-3-5-13(6-4-12)19-16-7-14(9-21)15(10-22)8-17(16)24(20(19)23)11-18(25)26-2/h3-8H,11,23H2,1-2H3. The van der Waals surface area contributed by atoms with Gasteiger partial charge in [-0.2, -0.15) is 10.5 Å². The lowest BCUT2D eigenvalue weighted by Gasteiger charge is -2.07. The van der Waals surface area contributed by atoms with Crippen molar-refractivity contribution in [2.75, 3.05) is 12.8 Å². The molecule has 2 N–H and O–H groups in total. The lowest BCUT2D eigenvalue weighted by atomic mass is 9.99. The van der Waals surface area contributed by atoms with E-state index in [-0.39, 0.29) is 17.7 Å². The Morgan fingerprint density at radius 1 is 1.15 bits per heavy atom. The van der Waals surface area contributed by atoms with Gasteiger partial charge in [-0.05, 0) is 24.6 Å². The van der Waals surface area contributed by atoms with Gasteiger partial charge in [-0.25, -0.2) is 0 Å². The largest absolute Gasteiger partial charge is 0.468 e. The van der Waals surface area contributed by atoms with E-state index in [1.165, 1.54) is 7.11 Å². The zero-order chi connectivity index (χ0) is 18.8. The molecule has 6 nitrogen and oxygen atoms in total. The molecule has 0 aliphatic rings. The first-order chi connectivity index (χ1) is 12.5. The molecule has 0 radical (unpaired) electrons. The minimum absolute atomic E-state index is 0.0819. The van der Waals surface area contributed by atoms with Gasteiger partial charge >= 0.3 is 5.97 Å². The second-order valence-corrected chi connectivity index (χ2v) is 5.93. The Morgan fingerprint density at radius 2 is 1.77 bits per heavy atom. The summed E-state index contributed by atoms with van der Waals surface area (Å²) in [5.74, 6) is -0.0693. The number of esters is 1. The fraction of sp³-hybridized carbons (Fsp3) is 0.150. The van der Waals surface area contributed by atoms with E-state index < -0.39 is 5.97 Å². The number of nitrogen functional groups attached to an aromatic ring is 1. The van der Waals surface area contributed by atoms with Gasteiger partial charge in [-0.1, -0.05) is 29.8 Å². The number of aryl methyl sites for hydroxylation is 1. The van der Waals surface area contributed by atoms with E-state index in [1.54, 1.807) is 16.7 Å². The molecule has 26 heavy (non-hydrogen) atoms. The minimum Gasteiger partial charge on any atom is -0.468 e. The predicted molar refractivity (Wildman–Crippen MR) is 98.0 cm³/mol. The number of hydrogen-bond acceptors (Lipinski definition) is 5. The summed E-state index contributed by atoms with van der Waals surface area (Å²) in [6.07, 6.45) is 0. The second-order valence-electron chi connectivity index (χ2n) is 5.93. The number of fused-ring (bicyclic) bond motifs is 1. The third kappa shape index (κ3) is 2.74. The second kappa shape index (κ2) is 6.62. The summed E-state index contributed by atoms with van der Waals surface area (Å²) in [6.45, 7) is 1.90. The molecule has 0 spiro atoms. The first-order valence-electron chi connectivity index (χ1n) is 7.90. The molecule has 0 atom stereocenters. The minimum atomic E-state index is -0.452. The summed E-state index contributed by atoms with van der Waals surface area (Å²) in [7, 11) is 1.31. The number of nitriles is 2. The number of hydrogen-bond donors (Lipinski definition) is 1. The van der Waals surface area contributed by atoms with Crippen molar-refractivity contribution in [2.24, 2.45) is 0 Å². The van der Waals surface area contributed by atoms with Crippen molar-refractivity contribution in [1.29, 1.82) is 10.5 Å². The quantitative estimate of drug-likeness (QED) is 0.735. The highest BCUT2D eigenvalue weighted by atomic mass is 16.5. The topological polar surface area (TPSA) is 105 Å². The fourth-order valence-corrected chi connectivity index (χ4v) is 2.99. The number of nitrogens with zero attached hydrogens (tertiary/aromatic N) is 3. The van der Waals surface area contributed by atoms with Crippen molar-refractivity contribution >= 4 is 22.7 Å². The van der Waals surface area contributed by atoms with Crippen LogP contribution in [0.3, 0.4) is 0 Å². The van der Waals surface area contributed by atoms with Crippen molar-refractivity contribution in [2.45, 2.75) is 13.5 Å². The highest BCUT2D eigenvalue weighted by Crippen LogP contribution is 2.38. The van der Waals surface area contributed by atoms with Crippen molar-refractivity contribution < 1.29 is 9.53 Å². The van der Waals surface area contributed by atoms with Crippen LogP contribution in [0.5, 0.6) is 0 Å². The Labute approximate surface area is 150 Å². The number of methoxy groups -OCH3 is 1. The van der Waals surface area contributed by atoms with Gasteiger partial charge in [-0.3, -0.25) is 4.79 Å². The maximum Gasteiger partial charge on any atom is 0.325 e. The molecule has 1 aromatic heterocycles. The van der Waals surface area contributed by atoms with E-state index in [9.17, 15) is 15.3 Å². The number of carbonyl (C=O) groups excluding carboxylic acids is 1. The van der Waals surface area contributed by atoms with Crippen LogP contribution in [0.1, 0.15) is 16.7 Å². The molecule has 0 unspecified atom stereocenters. The van der Waals surface area contributed by atoms with Gasteiger partial charge in [0, 0.05) is 10.9 Å². The summed E-state index contributed by atoms with van der Waals surface area (Å²) in [6, 6.07) is 15.1. The average Bonchev–Trinajstić information content (AvgIpc) is 2.92. The Hall–Kier alpha value is -3.77. The number of carbonyl (C=O) groups is 1. The molecule has 6 heteroatoms. The van der Waals surface area contributed by atoms with Crippen LogP contribution >= 0.6 is 0 Å². The molecule has 0 saturated heterocycles. The maximum absolute atomic E-state index is 11.8. The zero-order valence-corrected chi connectivity index (χ0v) is 14.4. The first-order valence-corrected chi connectivity index (χ1v) is 7.90. The summed E-state index contributed by atoms with van der Waals surface area (Å²) in [5.41, 5.74) is 10.2. The summed E-state index contributed by atoms with van der Waals surface area (Å²) in [4.78, 5) is 11.8. The SMILES string of the molecule is COC(=O)Cn1c(N)c(-c2ccc(C)cc2)c2cc(C#N)c(C#N)cc21. The van der Waals surface area contributed by atoms with Crippen LogP contribution in [-0.2, 0) is 16.1 Å². The predicted octanol–water partition coefficient (Wildman–Crippen LogP) is 3.12. The number of benzene rings is 2. The number of anilines is 1. The van der Waals surface area contributed by atoms with Crippen molar-refractivity contribution in [1.82, 2.24) is 4.57 Å². The van der Waals surface area contributed by atoms with Gasteiger partial charge in [0.2, 0.25) is 0 Å². The van der Waals surface area contributed by atoms with Crippen molar-refractivity contribution in [3.05, 3.63) is 53.1 Å².